The highest BCUT2D eigenvalue weighted by Gasteiger charge is 2.18. The van der Waals surface area contributed by atoms with Crippen molar-refractivity contribution in [3.8, 4) is 0 Å². The van der Waals surface area contributed by atoms with Crippen molar-refractivity contribution in [2.75, 3.05) is 0 Å². The van der Waals surface area contributed by atoms with E-state index in [0.29, 0.717) is 24.0 Å². The highest BCUT2D eigenvalue weighted by atomic mass is 16.4. The van der Waals surface area contributed by atoms with E-state index in [0.717, 1.165) is 73.6 Å². The molecule has 0 saturated heterocycles. The number of allylic oxidation sites excluding steroid dienone is 2. The number of carboxylic acids is 2. The zero-order valence-corrected chi connectivity index (χ0v) is 19.3. The molecule has 0 unspecified atom stereocenters. The SMILES string of the molecule is O=C(O)C1=C(c2ccccc2)CCCCC1.O=C(O)C1=C(c2ccccc2)CCCCCC1. The van der Waals surface area contributed by atoms with E-state index >= 15 is 0 Å². The molecule has 174 valence electrons. The van der Waals surface area contributed by atoms with Gasteiger partial charge in [-0.1, -0.05) is 79.9 Å². The van der Waals surface area contributed by atoms with Crippen molar-refractivity contribution in [2.24, 2.45) is 0 Å². The summed E-state index contributed by atoms with van der Waals surface area (Å²) in [6.45, 7) is 0. The fourth-order valence-corrected chi connectivity index (χ4v) is 4.73. The molecule has 0 spiro atoms. The van der Waals surface area contributed by atoms with Gasteiger partial charge < -0.3 is 10.2 Å². The molecule has 2 N–H and O–H groups in total. The van der Waals surface area contributed by atoms with Crippen LogP contribution in [-0.2, 0) is 9.59 Å². The molecule has 4 heteroatoms. The Kier molecular flexibility index (Phi) is 9.49. The molecule has 2 aromatic rings. The van der Waals surface area contributed by atoms with E-state index in [9.17, 15) is 19.8 Å². The lowest BCUT2D eigenvalue weighted by Gasteiger charge is -2.16. The average Bonchev–Trinajstić information content (AvgIpc) is 3.07. The van der Waals surface area contributed by atoms with Gasteiger partial charge in [0.2, 0.25) is 0 Å². The first kappa shape index (κ1) is 24.5. The largest absolute Gasteiger partial charge is 0.478 e. The van der Waals surface area contributed by atoms with Gasteiger partial charge in [0.15, 0.2) is 0 Å². The van der Waals surface area contributed by atoms with Crippen LogP contribution in [0.25, 0.3) is 11.1 Å². The first-order valence-corrected chi connectivity index (χ1v) is 12.1. The number of carboxylic acid groups (broad SMARTS) is 2. The summed E-state index contributed by atoms with van der Waals surface area (Å²) in [5, 5.41) is 18.6. The van der Waals surface area contributed by atoms with Crippen LogP contribution in [0.4, 0.5) is 0 Å². The van der Waals surface area contributed by atoms with Gasteiger partial charge in [0.1, 0.15) is 0 Å². The molecule has 0 fully saturated rings. The molecule has 0 amide bonds. The van der Waals surface area contributed by atoms with E-state index in [4.69, 9.17) is 0 Å². The van der Waals surface area contributed by atoms with Crippen molar-refractivity contribution >= 4 is 23.1 Å². The number of hydrogen-bond acceptors (Lipinski definition) is 2. The Morgan fingerprint density at radius 3 is 1.18 bits per heavy atom. The monoisotopic (exact) mass is 446 g/mol. The maximum atomic E-state index is 11.3. The number of carbonyl (C=O) groups is 2. The van der Waals surface area contributed by atoms with E-state index in [2.05, 4.69) is 0 Å². The zero-order valence-electron chi connectivity index (χ0n) is 19.3. The summed E-state index contributed by atoms with van der Waals surface area (Å²) in [7, 11) is 0. The van der Waals surface area contributed by atoms with Crippen LogP contribution in [0.5, 0.6) is 0 Å². The van der Waals surface area contributed by atoms with Crippen LogP contribution < -0.4 is 0 Å². The Morgan fingerprint density at radius 1 is 0.485 bits per heavy atom. The van der Waals surface area contributed by atoms with Gasteiger partial charge in [0.05, 0.1) is 0 Å². The van der Waals surface area contributed by atoms with Crippen LogP contribution >= 0.6 is 0 Å². The van der Waals surface area contributed by atoms with Gasteiger partial charge in [0.25, 0.3) is 0 Å². The summed E-state index contributed by atoms with van der Waals surface area (Å²) >= 11 is 0. The van der Waals surface area contributed by atoms with Gasteiger partial charge in [-0.25, -0.2) is 9.59 Å². The van der Waals surface area contributed by atoms with Crippen LogP contribution in [-0.4, -0.2) is 22.2 Å². The molecule has 0 saturated carbocycles. The highest BCUT2D eigenvalue weighted by Crippen LogP contribution is 2.32. The number of hydrogen-bond donors (Lipinski definition) is 2. The lowest BCUT2D eigenvalue weighted by atomic mass is 9.89. The normalized spacial score (nSPS) is 17.2. The summed E-state index contributed by atoms with van der Waals surface area (Å²) in [5.74, 6) is -1.49. The molecule has 0 heterocycles. The van der Waals surface area contributed by atoms with E-state index in [-0.39, 0.29) is 0 Å². The van der Waals surface area contributed by atoms with Crippen LogP contribution in [0.15, 0.2) is 71.8 Å². The molecular weight excluding hydrogens is 412 g/mol. The summed E-state index contributed by atoms with van der Waals surface area (Å²) in [4.78, 5) is 22.6. The van der Waals surface area contributed by atoms with Crippen molar-refractivity contribution in [3.63, 3.8) is 0 Å². The second-order valence-corrected chi connectivity index (χ2v) is 8.73. The first-order chi connectivity index (χ1) is 16.1. The third-order valence-corrected chi connectivity index (χ3v) is 6.45. The van der Waals surface area contributed by atoms with Gasteiger partial charge in [-0.15, -0.1) is 0 Å². The molecule has 0 atom stereocenters. The van der Waals surface area contributed by atoms with Crippen molar-refractivity contribution in [1.82, 2.24) is 0 Å². The molecule has 4 nitrogen and oxygen atoms in total. The van der Waals surface area contributed by atoms with Crippen LogP contribution in [0.1, 0.15) is 81.8 Å². The van der Waals surface area contributed by atoms with Crippen molar-refractivity contribution in [3.05, 3.63) is 82.9 Å². The predicted molar refractivity (Wildman–Crippen MR) is 133 cm³/mol. The third kappa shape index (κ3) is 7.18. The quantitative estimate of drug-likeness (QED) is 0.514. The maximum absolute atomic E-state index is 11.3. The summed E-state index contributed by atoms with van der Waals surface area (Å²) < 4.78 is 0. The molecule has 0 bridgehead atoms. The van der Waals surface area contributed by atoms with Crippen molar-refractivity contribution in [1.29, 1.82) is 0 Å². The molecule has 2 aromatic carbocycles. The topological polar surface area (TPSA) is 74.6 Å². The molecule has 0 aromatic heterocycles. The summed E-state index contributed by atoms with van der Waals surface area (Å²) in [6, 6.07) is 19.8. The van der Waals surface area contributed by atoms with E-state index in [1.807, 2.05) is 60.7 Å². The maximum Gasteiger partial charge on any atom is 0.331 e. The highest BCUT2D eigenvalue weighted by molar-refractivity contribution is 5.97. The van der Waals surface area contributed by atoms with E-state index in [1.54, 1.807) is 0 Å². The van der Waals surface area contributed by atoms with Gasteiger partial charge in [0, 0.05) is 11.1 Å². The fraction of sp³-hybridized carbons (Fsp3) is 0.379. The average molecular weight is 447 g/mol. The van der Waals surface area contributed by atoms with Gasteiger partial charge >= 0.3 is 11.9 Å². The lowest BCUT2D eigenvalue weighted by Crippen LogP contribution is -2.06. The van der Waals surface area contributed by atoms with E-state index < -0.39 is 11.9 Å². The number of rotatable bonds is 4. The Labute approximate surface area is 196 Å². The van der Waals surface area contributed by atoms with Gasteiger partial charge in [-0.3, -0.25) is 0 Å². The van der Waals surface area contributed by atoms with Crippen LogP contribution in [0.2, 0.25) is 0 Å². The third-order valence-electron chi connectivity index (χ3n) is 6.45. The summed E-state index contributed by atoms with van der Waals surface area (Å²) in [6.07, 6.45) is 10.9. The molecule has 0 radical (unpaired) electrons. The Hall–Kier alpha value is -3.14. The number of aliphatic carboxylic acids is 2. The lowest BCUT2D eigenvalue weighted by molar-refractivity contribution is -0.133. The molecule has 33 heavy (non-hydrogen) atoms. The number of benzene rings is 2. The second-order valence-electron chi connectivity index (χ2n) is 8.73. The van der Waals surface area contributed by atoms with Crippen LogP contribution in [0.3, 0.4) is 0 Å². The molecule has 2 aliphatic rings. The Bertz CT molecular complexity index is 987. The minimum atomic E-state index is -0.749. The molecular formula is C29H34O4. The smallest absolute Gasteiger partial charge is 0.331 e. The standard InChI is InChI=1S/C15H18O2.C14H16O2/c16-15(17)14-11-7-2-1-6-10-13(14)12-8-4-3-5-9-12;15-14(16)13-10-6-2-5-9-12(13)11-7-3-1-4-8-11/h3-5,8-9H,1-2,6-7,10-11H2,(H,16,17);1,3-4,7-8H,2,5-6,9-10H2,(H,15,16). The first-order valence-electron chi connectivity index (χ1n) is 12.1. The Morgan fingerprint density at radius 2 is 0.818 bits per heavy atom. The Balaban J connectivity index is 0.000000186. The van der Waals surface area contributed by atoms with Crippen molar-refractivity contribution in [2.45, 2.75) is 70.6 Å². The van der Waals surface area contributed by atoms with Gasteiger partial charge in [-0.2, -0.15) is 0 Å². The van der Waals surface area contributed by atoms with E-state index in [1.165, 1.54) is 6.42 Å². The minimum absolute atomic E-state index is 0.615. The zero-order chi connectivity index (χ0) is 23.5. The van der Waals surface area contributed by atoms with Crippen molar-refractivity contribution < 1.29 is 19.8 Å². The molecule has 2 aliphatic carbocycles. The fourth-order valence-electron chi connectivity index (χ4n) is 4.73. The minimum Gasteiger partial charge on any atom is -0.478 e. The van der Waals surface area contributed by atoms with Gasteiger partial charge in [-0.05, 0) is 73.6 Å². The van der Waals surface area contributed by atoms with Crippen LogP contribution in [0, 0.1) is 0 Å². The second kappa shape index (κ2) is 12.8. The predicted octanol–water partition coefficient (Wildman–Crippen LogP) is 7.37. The molecule has 0 aliphatic heterocycles. The summed E-state index contributed by atoms with van der Waals surface area (Å²) in [5.41, 5.74) is 5.46. The molecule has 4 rings (SSSR count).